The summed E-state index contributed by atoms with van der Waals surface area (Å²) in [6.07, 6.45) is 1.74. The first-order valence-corrected chi connectivity index (χ1v) is 10.7. The molecular weight excluding hydrogens is 423 g/mol. The minimum Gasteiger partial charge on any atom is -0.325 e. The summed E-state index contributed by atoms with van der Waals surface area (Å²) in [6, 6.07) is 15.1. The topological polar surface area (TPSA) is 64.2 Å². The smallest absolute Gasteiger partial charge is 0.232 e. The molecule has 4 aromatic rings. The van der Waals surface area contributed by atoms with Crippen molar-refractivity contribution in [1.82, 2.24) is 9.78 Å². The molecule has 2 aromatic carbocycles. The van der Waals surface area contributed by atoms with E-state index in [1.807, 2.05) is 37.3 Å². The highest BCUT2D eigenvalue weighted by Crippen LogP contribution is 2.43. The number of halogens is 2. The normalized spacial score (nSPS) is 21.7. The molecule has 8 heteroatoms. The van der Waals surface area contributed by atoms with Gasteiger partial charge in [-0.05, 0) is 54.6 Å². The molecule has 0 saturated carbocycles. The zero-order valence-corrected chi connectivity index (χ0v) is 17.6. The number of benzene rings is 2. The van der Waals surface area contributed by atoms with Gasteiger partial charge in [0.15, 0.2) is 0 Å². The van der Waals surface area contributed by atoms with Crippen LogP contribution in [0.5, 0.6) is 0 Å². The fourth-order valence-electron chi connectivity index (χ4n) is 4.02. The third-order valence-electron chi connectivity index (χ3n) is 5.63. The van der Waals surface area contributed by atoms with Crippen molar-refractivity contribution in [2.45, 2.75) is 19.0 Å². The molecule has 1 aliphatic heterocycles. The Kier molecular flexibility index (Phi) is 4.61. The Morgan fingerprint density at radius 3 is 2.53 bits per heavy atom. The predicted octanol–water partition coefficient (Wildman–Crippen LogP) is 4.93. The summed E-state index contributed by atoms with van der Waals surface area (Å²) in [5.41, 5.74) is 8.83. The van der Waals surface area contributed by atoms with E-state index in [4.69, 9.17) is 17.3 Å². The van der Waals surface area contributed by atoms with Crippen LogP contribution in [0.2, 0.25) is 4.34 Å². The molecule has 3 heterocycles. The zero-order chi connectivity index (χ0) is 21.0. The van der Waals surface area contributed by atoms with Crippen molar-refractivity contribution in [3.05, 3.63) is 75.8 Å². The molecular formula is C22H18ClFN4OS. The lowest BCUT2D eigenvalue weighted by Crippen LogP contribution is -2.33. The second-order valence-corrected chi connectivity index (χ2v) is 9.18. The van der Waals surface area contributed by atoms with Crippen LogP contribution in [-0.4, -0.2) is 21.7 Å². The highest BCUT2D eigenvalue weighted by Gasteiger charge is 2.45. The first-order valence-electron chi connectivity index (χ1n) is 9.51. The van der Waals surface area contributed by atoms with Crippen molar-refractivity contribution in [2.24, 2.45) is 11.7 Å². The predicted molar refractivity (Wildman–Crippen MR) is 118 cm³/mol. The summed E-state index contributed by atoms with van der Waals surface area (Å²) < 4.78 is 15.7. The second-order valence-electron chi connectivity index (χ2n) is 7.44. The molecule has 5 rings (SSSR count). The van der Waals surface area contributed by atoms with Crippen LogP contribution in [0.3, 0.4) is 0 Å². The van der Waals surface area contributed by atoms with Gasteiger partial charge in [0.2, 0.25) is 5.91 Å². The van der Waals surface area contributed by atoms with Crippen LogP contribution < -0.4 is 10.6 Å². The summed E-state index contributed by atoms with van der Waals surface area (Å²) >= 11 is 7.58. The van der Waals surface area contributed by atoms with Gasteiger partial charge in [-0.15, -0.1) is 11.3 Å². The highest BCUT2D eigenvalue weighted by atomic mass is 35.5. The standard InChI is InChI=1S/C22H18ClFN4OS/c1-12-20(25)21(18-8-9-19(23)30-18)27(22(12)29)16-6-7-17-13(10-16)11-26-28(17)15-4-2-14(24)3-5-15/h2-12,20-21H,25H2,1H3/t12-,20-,21+/m0/s1. The molecule has 0 radical (unpaired) electrons. The lowest BCUT2D eigenvalue weighted by molar-refractivity contribution is -0.120. The van der Waals surface area contributed by atoms with Crippen molar-refractivity contribution in [2.75, 3.05) is 4.90 Å². The molecule has 2 aromatic heterocycles. The van der Waals surface area contributed by atoms with E-state index in [1.54, 1.807) is 27.9 Å². The number of hydrogen-bond donors (Lipinski definition) is 1. The molecule has 0 spiro atoms. The van der Waals surface area contributed by atoms with Gasteiger partial charge in [-0.3, -0.25) is 4.79 Å². The largest absolute Gasteiger partial charge is 0.325 e. The quantitative estimate of drug-likeness (QED) is 0.491. The van der Waals surface area contributed by atoms with Crippen LogP contribution in [0.15, 0.2) is 60.8 Å². The fourth-order valence-corrected chi connectivity index (χ4v) is 5.23. The van der Waals surface area contributed by atoms with Gasteiger partial charge in [0.25, 0.3) is 0 Å². The van der Waals surface area contributed by atoms with Gasteiger partial charge in [-0.25, -0.2) is 9.07 Å². The van der Waals surface area contributed by atoms with Crippen LogP contribution in [-0.2, 0) is 4.79 Å². The Bertz CT molecular complexity index is 1250. The van der Waals surface area contributed by atoms with E-state index in [0.717, 1.165) is 27.2 Å². The summed E-state index contributed by atoms with van der Waals surface area (Å²) in [4.78, 5) is 15.8. The zero-order valence-electron chi connectivity index (χ0n) is 16.0. The van der Waals surface area contributed by atoms with Gasteiger partial charge in [0.05, 0.1) is 33.7 Å². The van der Waals surface area contributed by atoms with Crippen molar-refractivity contribution < 1.29 is 9.18 Å². The Morgan fingerprint density at radius 2 is 1.83 bits per heavy atom. The van der Waals surface area contributed by atoms with Crippen molar-refractivity contribution in [3.63, 3.8) is 0 Å². The van der Waals surface area contributed by atoms with E-state index in [-0.39, 0.29) is 29.7 Å². The second kappa shape index (κ2) is 7.19. The number of rotatable bonds is 3. The molecule has 2 N–H and O–H groups in total. The van der Waals surface area contributed by atoms with E-state index in [1.165, 1.54) is 23.5 Å². The van der Waals surface area contributed by atoms with Gasteiger partial charge in [0.1, 0.15) is 5.82 Å². The molecule has 0 unspecified atom stereocenters. The SMILES string of the molecule is C[C@@H]1C(=O)N(c2ccc3c(cnn3-c3ccc(F)cc3)c2)[C@H](c2ccc(Cl)s2)[C@H]1N. The molecule has 1 aliphatic rings. The minimum absolute atomic E-state index is 0.0118. The number of carbonyl (C=O) groups excluding carboxylic acids is 1. The summed E-state index contributed by atoms with van der Waals surface area (Å²) in [5, 5.41) is 5.32. The van der Waals surface area contributed by atoms with Crippen LogP contribution in [0.1, 0.15) is 17.8 Å². The number of aromatic nitrogens is 2. The fraction of sp³-hybridized carbons (Fsp3) is 0.182. The van der Waals surface area contributed by atoms with Crippen LogP contribution in [0.25, 0.3) is 16.6 Å². The van der Waals surface area contributed by atoms with Crippen LogP contribution in [0, 0.1) is 11.7 Å². The summed E-state index contributed by atoms with van der Waals surface area (Å²) in [7, 11) is 0. The Morgan fingerprint density at radius 1 is 1.10 bits per heavy atom. The van der Waals surface area contributed by atoms with Gasteiger partial charge >= 0.3 is 0 Å². The number of nitrogens with zero attached hydrogens (tertiary/aromatic N) is 3. The Labute approximate surface area is 181 Å². The summed E-state index contributed by atoms with van der Waals surface area (Å²) in [5.74, 6) is -0.606. The van der Waals surface area contributed by atoms with Crippen molar-refractivity contribution in [3.8, 4) is 5.69 Å². The molecule has 30 heavy (non-hydrogen) atoms. The highest BCUT2D eigenvalue weighted by molar-refractivity contribution is 7.16. The number of nitrogens with two attached hydrogens (primary N) is 1. The molecule has 1 saturated heterocycles. The van der Waals surface area contributed by atoms with E-state index in [0.29, 0.717) is 4.34 Å². The van der Waals surface area contributed by atoms with E-state index < -0.39 is 0 Å². The maximum Gasteiger partial charge on any atom is 0.232 e. The molecule has 0 bridgehead atoms. The van der Waals surface area contributed by atoms with Gasteiger partial charge in [-0.1, -0.05) is 18.5 Å². The molecule has 1 fully saturated rings. The number of hydrogen-bond acceptors (Lipinski definition) is 4. The van der Waals surface area contributed by atoms with E-state index >= 15 is 0 Å². The Hall–Kier alpha value is -2.74. The Balaban J connectivity index is 1.58. The molecule has 5 nitrogen and oxygen atoms in total. The minimum atomic E-state index is -0.329. The molecule has 3 atom stereocenters. The summed E-state index contributed by atoms with van der Waals surface area (Å²) in [6.45, 7) is 1.86. The molecule has 1 amide bonds. The maximum absolute atomic E-state index is 13.3. The van der Waals surface area contributed by atoms with Crippen molar-refractivity contribution in [1.29, 1.82) is 0 Å². The van der Waals surface area contributed by atoms with Gasteiger partial charge in [0, 0.05) is 22.0 Å². The third-order valence-corrected chi connectivity index (χ3v) is 6.94. The van der Waals surface area contributed by atoms with Crippen molar-refractivity contribution >= 4 is 45.4 Å². The lowest BCUT2D eigenvalue weighted by Gasteiger charge is -2.26. The van der Waals surface area contributed by atoms with Crippen LogP contribution in [0.4, 0.5) is 10.1 Å². The monoisotopic (exact) mass is 440 g/mol. The van der Waals surface area contributed by atoms with E-state index in [9.17, 15) is 9.18 Å². The maximum atomic E-state index is 13.3. The average molecular weight is 441 g/mol. The molecule has 152 valence electrons. The number of anilines is 1. The average Bonchev–Trinajstić information content (AvgIpc) is 3.41. The number of fused-ring (bicyclic) bond motifs is 1. The van der Waals surface area contributed by atoms with Gasteiger partial charge in [-0.2, -0.15) is 5.10 Å². The van der Waals surface area contributed by atoms with Gasteiger partial charge < -0.3 is 10.6 Å². The lowest BCUT2D eigenvalue weighted by atomic mass is 10.0. The first-order chi connectivity index (χ1) is 14.4. The number of thiophene rings is 1. The van der Waals surface area contributed by atoms with Crippen LogP contribution >= 0.6 is 22.9 Å². The molecule has 0 aliphatic carbocycles. The van der Waals surface area contributed by atoms with E-state index in [2.05, 4.69) is 5.10 Å². The third kappa shape index (κ3) is 3.01. The first kappa shape index (κ1) is 19.2. The number of carbonyl (C=O) groups is 1. The number of amides is 1.